The van der Waals surface area contributed by atoms with E-state index < -0.39 is 0 Å². The molecule has 0 spiro atoms. The molecule has 0 bridgehead atoms. The minimum Gasteiger partial charge on any atom is -0.494 e. The number of nitrogens with zero attached hydrogens (tertiary/aromatic N) is 2. The second-order valence-electron chi connectivity index (χ2n) is 10.2. The SMILES string of the molecule is CCCCCCCCOc1ccc(N2CCN(c3ccc(OCCCCCCCC)cc3)CC2)cc1. The number of benzene rings is 2. The van der Waals surface area contributed by atoms with Gasteiger partial charge in [0.05, 0.1) is 13.2 Å². The molecule has 0 aromatic heterocycles. The fourth-order valence-electron chi connectivity index (χ4n) is 4.87. The monoisotopic (exact) mass is 494 g/mol. The van der Waals surface area contributed by atoms with Gasteiger partial charge in [-0.1, -0.05) is 78.1 Å². The highest BCUT2D eigenvalue weighted by Crippen LogP contribution is 2.25. The van der Waals surface area contributed by atoms with E-state index in [1.807, 2.05) is 0 Å². The highest BCUT2D eigenvalue weighted by Gasteiger charge is 2.17. The number of hydrogen-bond donors (Lipinski definition) is 0. The van der Waals surface area contributed by atoms with Gasteiger partial charge >= 0.3 is 0 Å². The van der Waals surface area contributed by atoms with E-state index in [9.17, 15) is 0 Å². The van der Waals surface area contributed by atoms with Gasteiger partial charge < -0.3 is 19.3 Å². The van der Waals surface area contributed by atoms with Crippen LogP contribution in [-0.4, -0.2) is 39.4 Å². The molecule has 1 aliphatic rings. The van der Waals surface area contributed by atoms with Gasteiger partial charge in [0.2, 0.25) is 0 Å². The lowest BCUT2D eigenvalue weighted by molar-refractivity contribution is 0.304. The zero-order valence-electron chi connectivity index (χ0n) is 23.1. The first-order chi connectivity index (χ1) is 17.8. The largest absolute Gasteiger partial charge is 0.494 e. The molecule has 2 aromatic carbocycles. The van der Waals surface area contributed by atoms with E-state index in [2.05, 4.69) is 72.2 Å². The molecule has 0 unspecified atom stereocenters. The molecule has 1 fully saturated rings. The molecule has 0 amide bonds. The number of rotatable bonds is 18. The third-order valence-corrected chi connectivity index (χ3v) is 7.22. The Labute approximate surface area is 221 Å². The number of anilines is 2. The van der Waals surface area contributed by atoms with Gasteiger partial charge in [0, 0.05) is 37.6 Å². The van der Waals surface area contributed by atoms with Crippen LogP contribution in [0.4, 0.5) is 11.4 Å². The molecule has 0 saturated carbocycles. The van der Waals surface area contributed by atoms with Crippen molar-refractivity contribution in [2.24, 2.45) is 0 Å². The van der Waals surface area contributed by atoms with Gasteiger partial charge in [-0.2, -0.15) is 0 Å². The maximum Gasteiger partial charge on any atom is 0.119 e. The summed E-state index contributed by atoms with van der Waals surface area (Å²) in [5.74, 6) is 1.98. The standard InChI is InChI=1S/C32H50N2O2/c1-3-5-7-9-11-13-27-35-31-19-15-29(16-20-31)33-23-25-34(26-24-33)30-17-21-32(22-18-30)36-28-14-12-10-8-6-4-2/h15-22H,3-14,23-28H2,1-2H3. The first kappa shape index (κ1) is 28.2. The predicted octanol–water partition coefficient (Wildman–Crippen LogP) is 8.49. The second-order valence-corrected chi connectivity index (χ2v) is 10.2. The topological polar surface area (TPSA) is 24.9 Å². The summed E-state index contributed by atoms with van der Waals surface area (Å²) in [4.78, 5) is 4.96. The molecule has 3 rings (SSSR count). The van der Waals surface area contributed by atoms with Crippen molar-refractivity contribution in [2.75, 3.05) is 49.2 Å². The van der Waals surface area contributed by atoms with Crippen LogP contribution in [0.15, 0.2) is 48.5 Å². The van der Waals surface area contributed by atoms with Crippen LogP contribution in [0.2, 0.25) is 0 Å². The molecule has 1 heterocycles. The first-order valence-corrected chi connectivity index (χ1v) is 14.8. The Kier molecular flexibility index (Phi) is 13.4. The van der Waals surface area contributed by atoms with E-state index in [4.69, 9.17) is 9.47 Å². The van der Waals surface area contributed by atoms with Crippen molar-refractivity contribution >= 4 is 11.4 Å². The van der Waals surface area contributed by atoms with E-state index in [-0.39, 0.29) is 0 Å². The van der Waals surface area contributed by atoms with E-state index in [0.29, 0.717) is 0 Å². The van der Waals surface area contributed by atoms with E-state index in [0.717, 1.165) is 63.7 Å². The summed E-state index contributed by atoms with van der Waals surface area (Å²) in [7, 11) is 0. The first-order valence-electron chi connectivity index (χ1n) is 14.8. The van der Waals surface area contributed by atoms with Crippen molar-refractivity contribution in [1.29, 1.82) is 0 Å². The quantitative estimate of drug-likeness (QED) is 0.194. The molecule has 0 atom stereocenters. The highest BCUT2D eigenvalue weighted by molar-refractivity contribution is 5.54. The number of piperazine rings is 1. The zero-order valence-corrected chi connectivity index (χ0v) is 23.1. The number of ether oxygens (including phenoxy) is 2. The van der Waals surface area contributed by atoms with Crippen molar-refractivity contribution in [1.82, 2.24) is 0 Å². The van der Waals surface area contributed by atoms with Crippen LogP contribution in [-0.2, 0) is 0 Å². The molecule has 36 heavy (non-hydrogen) atoms. The minimum absolute atomic E-state index is 0.826. The van der Waals surface area contributed by atoms with E-state index in [1.165, 1.54) is 75.6 Å². The Morgan fingerprint density at radius 3 is 1.17 bits per heavy atom. The summed E-state index contributed by atoms with van der Waals surface area (Å²) in [5, 5.41) is 0. The smallest absolute Gasteiger partial charge is 0.119 e. The molecule has 0 aliphatic carbocycles. The van der Waals surface area contributed by atoms with Crippen molar-refractivity contribution < 1.29 is 9.47 Å². The Balaban J connectivity index is 1.32. The van der Waals surface area contributed by atoms with Crippen LogP contribution in [0.25, 0.3) is 0 Å². The normalized spacial score (nSPS) is 13.7. The van der Waals surface area contributed by atoms with E-state index in [1.54, 1.807) is 0 Å². The van der Waals surface area contributed by atoms with E-state index >= 15 is 0 Å². The van der Waals surface area contributed by atoms with Crippen LogP contribution in [0, 0.1) is 0 Å². The van der Waals surface area contributed by atoms with Crippen LogP contribution in [0.1, 0.15) is 90.9 Å². The molecule has 4 heteroatoms. The lowest BCUT2D eigenvalue weighted by Gasteiger charge is -2.37. The fourth-order valence-corrected chi connectivity index (χ4v) is 4.87. The van der Waals surface area contributed by atoms with Gasteiger partial charge in [0.15, 0.2) is 0 Å². The Bertz CT molecular complexity index is 728. The van der Waals surface area contributed by atoms with Crippen molar-refractivity contribution in [3.63, 3.8) is 0 Å². The molecule has 0 N–H and O–H groups in total. The summed E-state index contributed by atoms with van der Waals surface area (Å²) in [6.45, 7) is 10.3. The lowest BCUT2D eigenvalue weighted by Crippen LogP contribution is -2.46. The average Bonchev–Trinajstić information content (AvgIpc) is 2.93. The van der Waals surface area contributed by atoms with Crippen molar-refractivity contribution in [3.8, 4) is 11.5 Å². The Hall–Kier alpha value is -2.36. The van der Waals surface area contributed by atoms with Gasteiger partial charge in [-0.25, -0.2) is 0 Å². The predicted molar refractivity (Wildman–Crippen MR) is 155 cm³/mol. The summed E-state index contributed by atoms with van der Waals surface area (Å²) < 4.78 is 11.9. The summed E-state index contributed by atoms with van der Waals surface area (Å²) in [5.41, 5.74) is 2.58. The number of hydrogen-bond acceptors (Lipinski definition) is 4. The number of unbranched alkanes of at least 4 members (excludes halogenated alkanes) is 10. The van der Waals surface area contributed by atoms with Crippen LogP contribution in [0.3, 0.4) is 0 Å². The van der Waals surface area contributed by atoms with Gasteiger partial charge in [0.25, 0.3) is 0 Å². The molecule has 2 aromatic rings. The average molecular weight is 495 g/mol. The van der Waals surface area contributed by atoms with Gasteiger partial charge in [-0.05, 0) is 61.4 Å². The third-order valence-electron chi connectivity index (χ3n) is 7.22. The second kappa shape index (κ2) is 17.2. The molecule has 1 aliphatic heterocycles. The summed E-state index contributed by atoms with van der Waals surface area (Å²) in [6.07, 6.45) is 15.6. The lowest BCUT2D eigenvalue weighted by atomic mass is 10.1. The van der Waals surface area contributed by atoms with Gasteiger partial charge in [-0.3, -0.25) is 0 Å². The Morgan fingerprint density at radius 2 is 0.806 bits per heavy atom. The Morgan fingerprint density at radius 1 is 0.472 bits per heavy atom. The van der Waals surface area contributed by atoms with Crippen LogP contribution < -0.4 is 19.3 Å². The minimum atomic E-state index is 0.826. The van der Waals surface area contributed by atoms with Crippen LogP contribution >= 0.6 is 0 Å². The summed E-state index contributed by atoms with van der Waals surface area (Å²) >= 11 is 0. The third kappa shape index (κ3) is 10.3. The maximum atomic E-state index is 5.95. The van der Waals surface area contributed by atoms with Crippen LogP contribution in [0.5, 0.6) is 11.5 Å². The molecule has 200 valence electrons. The molecule has 1 saturated heterocycles. The molecular weight excluding hydrogens is 444 g/mol. The maximum absolute atomic E-state index is 5.95. The molecule has 0 radical (unpaired) electrons. The van der Waals surface area contributed by atoms with Gasteiger partial charge in [-0.15, -0.1) is 0 Å². The zero-order chi connectivity index (χ0) is 25.3. The fraction of sp³-hybridized carbons (Fsp3) is 0.625. The summed E-state index contributed by atoms with van der Waals surface area (Å²) in [6, 6.07) is 17.4. The van der Waals surface area contributed by atoms with Gasteiger partial charge in [0.1, 0.15) is 11.5 Å². The molecular formula is C32H50N2O2. The highest BCUT2D eigenvalue weighted by atomic mass is 16.5. The van der Waals surface area contributed by atoms with Crippen molar-refractivity contribution in [3.05, 3.63) is 48.5 Å². The van der Waals surface area contributed by atoms with Crippen molar-refractivity contribution in [2.45, 2.75) is 90.9 Å². The molecule has 4 nitrogen and oxygen atoms in total.